The number of carbonyl (C=O) groups is 2. The van der Waals surface area contributed by atoms with Crippen LogP contribution in [0.25, 0.3) is 0 Å². The molecule has 170 valence electrons. The largest absolute Gasteiger partial charge is 0.497 e. The standard InChI is InChI=1S/C26H27N3O4/c1-32-21-11-6-10-19(16-21)28-26(31)25(18-8-4-3-5-9-18)27-20-13-14-22(23(17-20)33-2)29-15-7-12-24(29)30/h3-6,8-11,13-14,16-17,25,27H,7,12,15H2,1-2H3,(H,28,31)/t25-/m1/s1. The highest BCUT2D eigenvalue weighted by Crippen LogP contribution is 2.35. The summed E-state index contributed by atoms with van der Waals surface area (Å²) in [7, 11) is 3.16. The van der Waals surface area contributed by atoms with E-state index >= 15 is 0 Å². The second kappa shape index (κ2) is 10.1. The molecule has 1 fully saturated rings. The number of carbonyl (C=O) groups excluding carboxylic acids is 2. The van der Waals surface area contributed by atoms with Crippen LogP contribution in [0.15, 0.2) is 72.8 Å². The highest BCUT2D eigenvalue weighted by Gasteiger charge is 2.26. The Morgan fingerprint density at radius 3 is 2.45 bits per heavy atom. The quantitative estimate of drug-likeness (QED) is 0.529. The Morgan fingerprint density at radius 1 is 0.939 bits per heavy atom. The predicted octanol–water partition coefficient (Wildman–Crippen LogP) is 4.62. The SMILES string of the molecule is COc1cccc(NC(=O)[C@H](Nc2ccc(N3CCCC3=O)c(OC)c2)c2ccccc2)c1. The number of ether oxygens (including phenoxy) is 2. The fourth-order valence-corrected chi connectivity index (χ4v) is 3.92. The first-order chi connectivity index (χ1) is 16.1. The van der Waals surface area contributed by atoms with Crippen LogP contribution in [0.2, 0.25) is 0 Å². The molecule has 4 rings (SSSR count). The number of hydrogen-bond acceptors (Lipinski definition) is 5. The lowest BCUT2D eigenvalue weighted by Crippen LogP contribution is -2.27. The molecule has 0 bridgehead atoms. The number of rotatable bonds is 8. The molecule has 33 heavy (non-hydrogen) atoms. The minimum atomic E-state index is -0.652. The van der Waals surface area contributed by atoms with E-state index in [1.807, 2.05) is 66.7 Å². The van der Waals surface area contributed by atoms with Gasteiger partial charge >= 0.3 is 0 Å². The van der Waals surface area contributed by atoms with Crippen molar-refractivity contribution < 1.29 is 19.1 Å². The van der Waals surface area contributed by atoms with E-state index in [1.54, 1.807) is 25.2 Å². The molecular formula is C26H27N3O4. The van der Waals surface area contributed by atoms with Crippen molar-refractivity contribution in [1.82, 2.24) is 0 Å². The van der Waals surface area contributed by atoms with Crippen LogP contribution in [0.4, 0.5) is 17.1 Å². The molecule has 1 saturated heterocycles. The average Bonchev–Trinajstić information content (AvgIpc) is 3.28. The first kappa shape index (κ1) is 22.2. The van der Waals surface area contributed by atoms with Crippen LogP contribution in [-0.2, 0) is 9.59 Å². The molecule has 0 aromatic heterocycles. The number of nitrogens with zero attached hydrogens (tertiary/aromatic N) is 1. The third-order valence-electron chi connectivity index (χ3n) is 5.59. The summed E-state index contributed by atoms with van der Waals surface area (Å²) in [5.74, 6) is 1.12. The van der Waals surface area contributed by atoms with Gasteiger partial charge in [-0.1, -0.05) is 36.4 Å². The average molecular weight is 446 g/mol. The van der Waals surface area contributed by atoms with E-state index in [9.17, 15) is 9.59 Å². The van der Waals surface area contributed by atoms with Gasteiger partial charge in [0.2, 0.25) is 5.91 Å². The Morgan fingerprint density at radius 2 is 1.76 bits per heavy atom. The molecule has 0 aliphatic carbocycles. The van der Waals surface area contributed by atoms with Gasteiger partial charge < -0.3 is 25.0 Å². The van der Waals surface area contributed by atoms with E-state index in [1.165, 1.54) is 0 Å². The zero-order valence-corrected chi connectivity index (χ0v) is 18.7. The Hall–Kier alpha value is -4.00. The van der Waals surface area contributed by atoms with Crippen LogP contribution in [0.5, 0.6) is 11.5 Å². The molecule has 3 aromatic carbocycles. The first-order valence-corrected chi connectivity index (χ1v) is 10.8. The van der Waals surface area contributed by atoms with E-state index in [-0.39, 0.29) is 11.8 Å². The molecular weight excluding hydrogens is 418 g/mol. The van der Waals surface area contributed by atoms with Crippen molar-refractivity contribution in [2.45, 2.75) is 18.9 Å². The topological polar surface area (TPSA) is 79.9 Å². The molecule has 1 heterocycles. The first-order valence-electron chi connectivity index (χ1n) is 10.8. The normalized spacial score (nSPS) is 14.0. The van der Waals surface area contributed by atoms with Crippen LogP contribution >= 0.6 is 0 Å². The van der Waals surface area contributed by atoms with Crippen LogP contribution in [-0.4, -0.2) is 32.6 Å². The molecule has 0 saturated carbocycles. The number of anilines is 3. The van der Waals surface area contributed by atoms with E-state index < -0.39 is 6.04 Å². The predicted molar refractivity (Wildman–Crippen MR) is 129 cm³/mol. The summed E-state index contributed by atoms with van der Waals surface area (Å²) in [5, 5.41) is 6.28. The Labute approximate surface area is 193 Å². The Balaban J connectivity index is 1.60. The molecule has 3 aromatic rings. The molecule has 0 unspecified atom stereocenters. The van der Waals surface area contributed by atoms with Gasteiger partial charge in [-0.3, -0.25) is 9.59 Å². The van der Waals surface area contributed by atoms with Crippen LogP contribution < -0.4 is 25.0 Å². The van der Waals surface area contributed by atoms with Gasteiger partial charge in [0.25, 0.3) is 5.91 Å². The lowest BCUT2D eigenvalue weighted by molar-refractivity contribution is -0.117. The minimum absolute atomic E-state index is 0.0915. The summed E-state index contributed by atoms with van der Waals surface area (Å²) in [6.45, 7) is 0.678. The maximum atomic E-state index is 13.3. The summed E-state index contributed by atoms with van der Waals surface area (Å²) >= 11 is 0. The maximum Gasteiger partial charge on any atom is 0.251 e. The minimum Gasteiger partial charge on any atom is -0.497 e. The third kappa shape index (κ3) is 5.09. The van der Waals surface area contributed by atoms with Crippen molar-refractivity contribution >= 4 is 28.9 Å². The Bertz CT molecular complexity index is 1130. The van der Waals surface area contributed by atoms with E-state index in [0.29, 0.717) is 35.8 Å². The zero-order chi connectivity index (χ0) is 23.2. The van der Waals surface area contributed by atoms with Crippen molar-refractivity contribution in [3.8, 4) is 11.5 Å². The molecule has 0 radical (unpaired) electrons. The fourth-order valence-electron chi connectivity index (χ4n) is 3.92. The summed E-state index contributed by atoms with van der Waals surface area (Å²) in [4.78, 5) is 27.2. The number of nitrogens with one attached hydrogen (secondary N) is 2. The van der Waals surface area contributed by atoms with Gasteiger partial charge in [-0.05, 0) is 36.2 Å². The van der Waals surface area contributed by atoms with Crippen LogP contribution in [0.3, 0.4) is 0 Å². The summed E-state index contributed by atoms with van der Waals surface area (Å²) in [5.41, 5.74) is 2.90. The van der Waals surface area contributed by atoms with Crippen molar-refractivity contribution in [2.75, 3.05) is 36.3 Å². The van der Waals surface area contributed by atoms with Gasteiger partial charge in [0.15, 0.2) is 0 Å². The van der Waals surface area contributed by atoms with Crippen LogP contribution in [0, 0.1) is 0 Å². The zero-order valence-electron chi connectivity index (χ0n) is 18.7. The number of benzene rings is 3. The smallest absolute Gasteiger partial charge is 0.251 e. The van der Waals surface area contributed by atoms with Gasteiger partial charge in [0, 0.05) is 36.5 Å². The maximum absolute atomic E-state index is 13.3. The highest BCUT2D eigenvalue weighted by atomic mass is 16.5. The number of hydrogen-bond donors (Lipinski definition) is 2. The van der Waals surface area contributed by atoms with E-state index in [0.717, 1.165) is 17.7 Å². The lowest BCUT2D eigenvalue weighted by Gasteiger charge is -2.23. The number of amides is 2. The molecule has 1 atom stereocenters. The van der Waals surface area contributed by atoms with E-state index in [2.05, 4.69) is 10.6 Å². The fraction of sp³-hybridized carbons (Fsp3) is 0.231. The van der Waals surface area contributed by atoms with E-state index in [4.69, 9.17) is 9.47 Å². The second-order valence-electron chi connectivity index (χ2n) is 7.74. The Kier molecular flexibility index (Phi) is 6.78. The van der Waals surface area contributed by atoms with Gasteiger partial charge in [0.1, 0.15) is 17.5 Å². The van der Waals surface area contributed by atoms with Gasteiger partial charge in [-0.2, -0.15) is 0 Å². The molecule has 7 heteroatoms. The summed E-state index contributed by atoms with van der Waals surface area (Å²) in [6.07, 6.45) is 1.38. The summed E-state index contributed by atoms with van der Waals surface area (Å²) < 4.78 is 10.8. The molecule has 7 nitrogen and oxygen atoms in total. The van der Waals surface area contributed by atoms with Gasteiger partial charge in [-0.15, -0.1) is 0 Å². The molecule has 1 aliphatic rings. The second-order valence-corrected chi connectivity index (χ2v) is 7.74. The molecule has 0 spiro atoms. The number of methoxy groups -OCH3 is 2. The van der Waals surface area contributed by atoms with Crippen molar-refractivity contribution in [2.24, 2.45) is 0 Å². The van der Waals surface area contributed by atoms with Gasteiger partial charge in [0.05, 0.1) is 19.9 Å². The van der Waals surface area contributed by atoms with Gasteiger partial charge in [-0.25, -0.2) is 0 Å². The van der Waals surface area contributed by atoms with Crippen LogP contribution in [0.1, 0.15) is 24.4 Å². The van der Waals surface area contributed by atoms with Crippen molar-refractivity contribution in [3.05, 3.63) is 78.4 Å². The lowest BCUT2D eigenvalue weighted by atomic mass is 10.1. The third-order valence-corrected chi connectivity index (χ3v) is 5.59. The van der Waals surface area contributed by atoms with Crippen molar-refractivity contribution in [1.29, 1.82) is 0 Å². The monoisotopic (exact) mass is 445 g/mol. The molecule has 2 amide bonds. The summed E-state index contributed by atoms with van der Waals surface area (Å²) in [6, 6.07) is 21.6. The molecule has 2 N–H and O–H groups in total. The highest BCUT2D eigenvalue weighted by molar-refractivity contribution is 5.98. The molecule has 1 aliphatic heterocycles. The van der Waals surface area contributed by atoms with Crippen molar-refractivity contribution in [3.63, 3.8) is 0 Å².